The summed E-state index contributed by atoms with van der Waals surface area (Å²) in [5.74, 6) is -0.455. The molecule has 9 heteroatoms. The Morgan fingerprint density at radius 1 is 0.935 bits per heavy atom. The van der Waals surface area contributed by atoms with Crippen LogP contribution >= 0.6 is 0 Å². The number of ether oxygens (including phenoxy) is 1. The van der Waals surface area contributed by atoms with Gasteiger partial charge in [0.2, 0.25) is 5.91 Å². The van der Waals surface area contributed by atoms with Gasteiger partial charge in [0.25, 0.3) is 11.8 Å². The van der Waals surface area contributed by atoms with Crippen LogP contribution in [0.1, 0.15) is 53.1 Å². The molecule has 0 atom stereocenters. The maximum atomic E-state index is 12.8. The number of aryl methyl sites for hydroxylation is 2. The van der Waals surface area contributed by atoms with Crippen LogP contribution in [0.4, 0.5) is 11.4 Å². The maximum absolute atomic E-state index is 12.8. The number of amides is 3. The molecule has 0 bridgehead atoms. The van der Waals surface area contributed by atoms with Crippen molar-refractivity contribution in [3.8, 4) is 0 Å². The Hall–Kier alpha value is -3.07. The minimum absolute atomic E-state index is 0.0139. The van der Waals surface area contributed by atoms with Gasteiger partial charge in [-0.1, -0.05) is 0 Å². The standard InChI is InChI=1S/C22H31N5O4/c1-25-14-16(23-20(28)8-7-11-31-3)12-18(25)21(29)24-17-13-19(26(2)15-17)22(30)27-9-5-4-6-10-27/h12-15H,4-11H2,1-3H3,(H,23,28)(H,24,29). The molecule has 0 radical (unpaired) electrons. The predicted molar refractivity (Wildman–Crippen MR) is 118 cm³/mol. The number of nitrogens with one attached hydrogen (secondary N) is 2. The molecule has 1 aliphatic rings. The van der Waals surface area contributed by atoms with Crippen molar-refractivity contribution in [3.63, 3.8) is 0 Å². The number of carbonyl (C=O) groups excluding carboxylic acids is 3. The van der Waals surface area contributed by atoms with Gasteiger partial charge in [0.1, 0.15) is 11.4 Å². The lowest BCUT2D eigenvalue weighted by molar-refractivity contribution is -0.116. The Kier molecular flexibility index (Phi) is 7.51. The molecule has 2 aromatic rings. The molecule has 168 valence electrons. The minimum Gasteiger partial charge on any atom is -0.385 e. The van der Waals surface area contributed by atoms with Crippen LogP contribution in [0.3, 0.4) is 0 Å². The second kappa shape index (κ2) is 10.3. The molecular formula is C22H31N5O4. The first-order chi connectivity index (χ1) is 14.9. The summed E-state index contributed by atoms with van der Waals surface area (Å²) >= 11 is 0. The average molecular weight is 430 g/mol. The van der Waals surface area contributed by atoms with Crippen molar-refractivity contribution in [3.05, 3.63) is 35.9 Å². The summed E-state index contributed by atoms with van der Waals surface area (Å²) in [4.78, 5) is 39.4. The van der Waals surface area contributed by atoms with E-state index in [4.69, 9.17) is 4.74 Å². The summed E-state index contributed by atoms with van der Waals surface area (Å²) in [5.41, 5.74) is 2.07. The molecule has 31 heavy (non-hydrogen) atoms. The van der Waals surface area contributed by atoms with Crippen LogP contribution in [0, 0.1) is 0 Å². The van der Waals surface area contributed by atoms with Crippen LogP contribution < -0.4 is 10.6 Å². The van der Waals surface area contributed by atoms with E-state index in [0.29, 0.717) is 42.2 Å². The number of methoxy groups -OCH3 is 1. The zero-order chi connectivity index (χ0) is 22.4. The van der Waals surface area contributed by atoms with Crippen molar-refractivity contribution in [2.45, 2.75) is 32.1 Å². The third kappa shape index (κ3) is 5.75. The number of piperidine rings is 1. The highest BCUT2D eigenvalue weighted by Gasteiger charge is 2.22. The van der Waals surface area contributed by atoms with Gasteiger partial charge in [-0.25, -0.2) is 0 Å². The number of aromatic nitrogens is 2. The number of hydrogen-bond donors (Lipinski definition) is 2. The monoisotopic (exact) mass is 429 g/mol. The van der Waals surface area contributed by atoms with E-state index in [-0.39, 0.29) is 17.7 Å². The van der Waals surface area contributed by atoms with E-state index >= 15 is 0 Å². The molecule has 0 saturated carbocycles. The number of nitrogens with zero attached hydrogens (tertiary/aromatic N) is 3. The van der Waals surface area contributed by atoms with E-state index in [2.05, 4.69) is 10.6 Å². The van der Waals surface area contributed by atoms with Crippen molar-refractivity contribution in [2.24, 2.45) is 14.1 Å². The van der Waals surface area contributed by atoms with E-state index < -0.39 is 0 Å². The first-order valence-corrected chi connectivity index (χ1v) is 10.6. The molecule has 9 nitrogen and oxygen atoms in total. The summed E-state index contributed by atoms with van der Waals surface area (Å²) < 4.78 is 8.35. The molecule has 0 spiro atoms. The fourth-order valence-electron chi connectivity index (χ4n) is 3.76. The Bertz CT molecular complexity index is 940. The van der Waals surface area contributed by atoms with Crippen molar-refractivity contribution in [2.75, 3.05) is 37.4 Å². The molecule has 3 rings (SSSR count). The number of rotatable bonds is 8. The van der Waals surface area contributed by atoms with Gasteiger partial charge in [-0.15, -0.1) is 0 Å². The second-order valence-corrected chi connectivity index (χ2v) is 7.90. The molecule has 1 aliphatic heterocycles. The molecular weight excluding hydrogens is 398 g/mol. The molecule has 3 amide bonds. The minimum atomic E-state index is -0.315. The van der Waals surface area contributed by atoms with Crippen molar-refractivity contribution in [1.29, 1.82) is 0 Å². The fourth-order valence-corrected chi connectivity index (χ4v) is 3.76. The van der Waals surface area contributed by atoms with Gasteiger partial charge in [0, 0.05) is 59.7 Å². The molecule has 0 aliphatic carbocycles. The predicted octanol–water partition coefficient (Wildman–Crippen LogP) is 2.61. The largest absolute Gasteiger partial charge is 0.385 e. The first kappa shape index (κ1) is 22.6. The number of hydrogen-bond acceptors (Lipinski definition) is 4. The van der Waals surface area contributed by atoms with Crippen molar-refractivity contribution < 1.29 is 19.1 Å². The summed E-state index contributed by atoms with van der Waals surface area (Å²) in [6, 6.07) is 3.34. The first-order valence-electron chi connectivity index (χ1n) is 10.6. The summed E-state index contributed by atoms with van der Waals surface area (Å²) in [6.07, 6.45) is 7.62. The highest BCUT2D eigenvalue weighted by atomic mass is 16.5. The highest BCUT2D eigenvalue weighted by molar-refractivity contribution is 6.05. The summed E-state index contributed by atoms with van der Waals surface area (Å²) in [7, 11) is 5.14. The average Bonchev–Trinajstić information content (AvgIpc) is 3.30. The fraction of sp³-hybridized carbons (Fsp3) is 0.500. The summed E-state index contributed by atoms with van der Waals surface area (Å²) in [5, 5.41) is 5.64. The Labute approximate surface area is 182 Å². The van der Waals surface area contributed by atoms with Crippen LogP contribution in [0.5, 0.6) is 0 Å². The molecule has 0 aromatic carbocycles. The zero-order valence-electron chi connectivity index (χ0n) is 18.4. The molecule has 2 aromatic heterocycles. The lowest BCUT2D eigenvalue weighted by Crippen LogP contribution is -2.36. The van der Waals surface area contributed by atoms with Gasteiger partial charge < -0.3 is 29.4 Å². The number of likely N-dealkylation sites (tertiary alicyclic amines) is 1. The van der Waals surface area contributed by atoms with Crippen LogP contribution in [0.25, 0.3) is 0 Å². The van der Waals surface area contributed by atoms with Crippen LogP contribution in [0.15, 0.2) is 24.5 Å². The molecule has 3 heterocycles. The van der Waals surface area contributed by atoms with E-state index in [9.17, 15) is 14.4 Å². The quantitative estimate of drug-likeness (QED) is 0.631. The summed E-state index contributed by atoms with van der Waals surface area (Å²) in [6.45, 7) is 2.07. The van der Waals surface area contributed by atoms with Gasteiger partial charge in [-0.05, 0) is 37.8 Å². The van der Waals surface area contributed by atoms with Crippen LogP contribution in [-0.2, 0) is 23.6 Å². The molecule has 1 saturated heterocycles. The van der Waals surface area contributed by atoms with E-state index in [1.54, 1.807) is 54.9 Å². The van der Waals surface area contributed by atoms with Gasteiger partial charge in [-0.3, -0.25) is 14.4 Å². The Balaban J connectivity index is 1.63. The Morgan fingerprint density at radius 2 is 1.55 bits per heavy atom. The lowest BCUT2D eigenvalue weighted by atomic mass is 10.1. The van der Waals surface area contributed by atoms with Crippen molar-refractivity contribution in [1.82, 2.24) is 14.0 Å². The van der Waals surface area contributed by atoms with E-state index in [1.165, 1.54) is 0 Å². The van der Waals surface area contributed by atoms with Gasteiger partial charge >= 0.3 is 0 Å². The normalized spacial score (nSPS) is 13.8. The van der Waals surface area contributed by atoms with Gasteiger partial charge in [0.05, 0.1) is 11.4 Å². The molecule has 0 unspecified atom stereocenters. The third-order valence-corrected chi connectivity index (χ3v) is 5.40. The third-order valence-electron chi connectivity index (χ3n) is 5.40. The van der Waals surface area contributed by atoms with E-state index in [0.717, 1.165) is 32.4 Å². The van der Waals surface area contributed by atoms with Gasteiger partial charge in [-0.2, -0.15) is 0 Å². The number of carbonyl (C=O) groups is 3. The lowest BCUT2D eigenvalue weighted by Gasteiger charge is -2.26. The SMILES string of the molecule is COCCCC(=O)Nc1cc(C(=O)Nc2cc(C(=O)N3CCCCC3)n(C)c2)n(C)c1. The smallest absolute Gasteiger partial charge is 0.272 e. The number of anilines is 2. The molecule has 1 fully saturated rings. The maximum Gasteiger partial charge on any atom is 0.272 e. The topological polar surface area (TPSA) is 97.6 Å². The highest BCUT2D eigenvalue weighted by Crippen LogP contribution is 2.20. The van der Waals surface area contributed by atoms with Crippen LogP contribution in [-0.4, -0.2) is 58.6 Å². The van der Waals surface area contributed by atoms with Crippen LogP contribution in [0.2, 0.25) is 0 Å². The second-order valence-electron chi connectivity index (χ2n) is 7.90. The van der Waals surface area contributed by atoms with Crippen molar-refractivity contribution >= 4 is 29.1 Å². The zero-order valence-corrected chi connectivity index (χ0v) is 18.4. The Morgan fingerprint density at radius 3 is 2.23 bits per heavy atom. The molecule has 2 N–H and O–H groups in total. The van der Waals surface area contributed by atoms with Gasteiger partial charge in [0.15, 0.2) is 0 Å². The van der Waals surface area contributed by atoms with E-state index in [1.807, 2.05) is 4.90 Å².